The van der Waals surface area contributed by atoms with E-state index in [1.165, 1.54) is 5.56 Å². The van der Waals surface area contributed by atoms with Crippen molar-refractivity contribution >= 4 is 5.91 Å². The monoisotopic (exact) mass is 374 g/mol. The van der Waals surface area contributed by atoms with Gasteiger partial charge in [0.15, 0.2) is 0 Å². The van der Waals surface area contributed by atoms with Crippen molar-refractivity contribution in [3.8, 4) is 5.75 Å². The van der Waals surface area contributed by atoms with Crippen molar-refractivity contribution in [2.45, 2.75) is 54.0 Å². The van der Waals surface area contributed by atoms with Gasteiger partial charge in [-0.15, -0.1) is 0 Å². The van der Waals surface area contributed by atoms with Crippen LogP contribution in [0.2, 0.25) is 0 Å². The Labute approximate surface area is 165 Å². The molecule has 4 heteroatoms. The summed E-state index contributed by atoms with van der Waals surface area (Å²) in [6.45, 7) is 15.3. The van der Waals surface area contributed by atoms with Crippen molar-refractivity contribution in [3.63, 3.8) is 0 Å². The van der Waals surface area contributed by atoms with Crippen molar-refractivity contribution in [3.05, 3.63) is 29.8 Å². The van der Waals surface area contributed by atoms with Crippen molar-refractivity contribution in [2.24, 2.45) is 17.3 Å². The van der Waals surface area contributed by atoms with Gasteiger partial charge in [0.1, 0.15) is 5.75 Å². The van der Waals surface area contributed by atoms with Gasteiger partial charge in [0.2, 0.25) is 5.91 Å². The van der Waals surface area contributed by atoms with Gasteiger partial charge >= 0.3 is 0 Å². The standard InChI is InChI=1S/C23H38N2O2/c1-18(2)11-14-27-21-9-7-19(8-10-21)15-25-16-20(17-25)22(26)24(6)13-12-23(3,4)5/h7-10,18,20H,11-17H2,1-6H3. The summed E-state index contributed by atoms with van der Waals surface area (Å²) in [5.74, 6) is 2.06. The summed E-state index contributed by atoms with van der Waals surface area (Å²) in [4.78, 5) is 16.8. The highest BCUT2D eigenvalue weighted by molar-refractivity contribution is 5.79. The molecule has 0 N–H and O–H groups in total. The van der Waals surface area contributed by atoms with E-state index < -0.39 is 0 Å². The minimum absolute atomic E-state index is 0.161. The Hall–Kier alpha value is -1.55. The van der Waals surface area contributed by atoms with E-state index >= 15 is 0 Å². The van der Waals surface area contributed by atoms with Gasteiger partial charge < -0.3 is 9.64 Å². The lowest BCUT2D eigenvalue weighted by molar-refractivity contribution is -0.140. The molecule has 1 aliphatic rings. The van der Waals surface area contributed by atoms with Gasteiger partial charge in [-0.25, -0.2) is 0 Å². The van der Waals surface area contributed by atoms with Crippen LogP contribution in [0.15, 0.2) is 24.3 Å². The molecule has 4 nitrogen and oxygen atoms in total. The average molecular weight is 375 g/mol. The molecule has 152 valence electrons. The minimum Gasteiger partial charge on any atom is -0.494 e. The van der Waals surface area contributed by atoms with Gasteiger partial charge in [-0.3, -0.25) is 9.69 Å². The van der Waals surface area contributed by atoms with Gasteiger partial charge in [0.25, 0.3) is 0 Å². The zero-order valence-electron chi connectivity index (χ0n) is 18.1. The molecule has 0 aliphatic carbocycles. The Morgan fingerprint density at radius 2 is 1.85 bits per heavy atom. The topological polar surface area (TPSA) is 32.8 Å². The molecule has 1 aromatic rings. The Morgan fingerprint density at radius 1 is 1.22 bits per heavy atom. The predicted octanol–water partition coefficient (Wildman–Crippen LogP) is 4.44. The first-order chi connectivity index (χ1) is 12.6. The van der Waals surface area contributed by atoms with E-state index in [4.69, 9.17) is 4.74 Å². The van der Waals surface area contributed by atoms with E-state index in [2.05, 4.69) is 63.8 Å². The molecule has 0 aromatic heterocycles. The van der Waals surface area contributed by atoms with Crippen molar-refractivity contribution < 1.29 is 9.53 Å². The van der Waals surface area contributed by atoms with E-state index in [1.54, 1.807) is 0 Å². The van der Waals surface area contributed by atoms with E-state index in [1.807, 2.05) is 11.9 Å². The SMILES string of the molecule is CC(C)CCOc1ccc(CN2CC(C(=O)N(C)CCC(C)(C)C)C2)cc1. The molecular weight excluding hydrogens is 336 g/mol. The molecular formula is C23H38N2O2. The molecule has 1 heterocycles. The number of amides is 1. The molecule has 2 rings (SSSR count). The molecule has 1 amide bonds. The lowest BCUT2D eigenvalue weighted by atomic mass is 9.91. The second kappa shape index (κ2) is 9.59. The van der Waals surface area contributed by atoms with Crippen LogP contribution >= 0.6 is 0 Å². The summed E-state index contributed by atoms with van der Waals surface area (Å²) >= 11 is 0. The Balaban J connectivity index is 1.69. The number of rotatable bonds is 9. The summed E-state index contributed by atoms with van der Waals surface area (Å²) in [6.07, 6.45) is 2.12. The van der Waals surface area contributed by atoms with Crippen molar-refractivity contribution in [1.82, 2.24) is 9.80 Å². The number of benzene rings is 1. The molecule has 0 radical (unpaired) electrons. The lowest BCUT2D eigenvalue weighted by Crippen LogP contribution is -2.53. The fourth-order valence-electron chi connectivity index (χ4n) is 3.14. The highest BCUT2D eigenvalue weighted by Gasteiger charge is 2.34. The van der Waals surface area contributed by atoms with E-state index in [-0.39, 0.29) is 11.3 Å². The molecule has 1 aromatic carbocycles. The van der Waals surface area contributed by atoms with Crippen LogP contribution in [0, 0.1) is 17.3 Å². The number of likely N-dealkylation sites (tertiary alicyclic amines) is 1. The van der Waals surface area contributed by atoms with E-state index in [9.17, 15) is 4.79 Å². The summed E-state index contributed by atoms with van der Waals surface area (Å²) in [6, 6.07) is 8.38. The zero-order chi connectivity index (χ0) is 20.0. The Morgan fingerprint density at radius 3 is 2.41 bits per heavy atom. The number of nitrogens with zero attached hydrogens (tertiary/aromatic N) is 2. The average Bonchev–Trinajstić information content (AvgIpc) is 2.55. The largest absolute Gasteiger partial charge is 0.494 e. The Kier molecular flexibility index (Phi) is 7.72. The maximum absolute atomic E-state index is 12.5. The second-order valence-corrected chi connectivity index (χ2v) is 9.64. The molecule has 27 heavy (non-hydrogen) atoms. The predicted molar refractivity (Wildman–Crippen MR) is 112 cm³/mol. The van der Waals surface area contributed by atoms with Gasteiger partial charge in [0.05, 0.1) is 12.5 Å². The summed E-state index contributed by atoms with van der Waals surface area (Å²) in [7, 11) is 1.94. The maximum Gasteiger partial charge on any atom is 0.228 e. The van der Waals surface area contributed by atoms with Crippen LogP contribution in [0.1, 0.15) is 53.0 Å². The second-order valence-electron chi connectivity index (χ2n) is 9.64. The molecule has 0 spiro atoms. The van der Waals surface area contributed by atoms with Crippen LogP contribution in [-0.4, -0.2) is 49.0 Å². The first-order valence-corrected chi connectivity index (χ1v) is 10.3. The van der Waals surface area contributed by atoms with Gasteiger partial charge in [-0.05, 0) is 41.9 Å². The first kappa shape index (κ1) is 21.7. The summed E-state index contributed by atoms with van der Waals surface area (Å²) in [5, 5.41) is 0. The zero-order valence-corrected chi connectivity index (χ0v) is 18.1. The third kappa shape index (κ3) is 7.53. The fourth-order valence-corrected chi connectivity index (χ4v) is 3.14. The fraction of sp³-hybridized carbons (Fsp3) is 0.696. The normalized spacial score (nSPS) is 15.7. The molecule has 1 aliphatic heterocycles. The summed E-state index contributed by atoms with van der Waals surface area (Å²) in [5.41, 5.74) is 1.54. The van der Waals surface area contributed by atoms with Crippen molar-refractivity contribution in [2.75, 3.05) is 33.3 Å². The number of carbonyl (C=O) groups is 1. The van der Waals surface area contributed by atoms with Crippen LogP contribution in [-0.2, 0) is 11.3 Å². The van der Waals surface area contributed by atoms with E-state index in [0.29, 0.717) is 11.8 Å². The lowest BCUT2D eigenvalue weighted by Gasteiger charge is -2.40. The molecule has 0 atom stereocenters. The molecule has 0 saturated carbocycles. The van der Waals surface area contributed by atoms with Gasteiger partial charge in [0, 0.05) is 33.2 Å². The molecule has 1 fully saturated rings. The number of hydrogen-bond acceptors (Lipinski definition) is 3. The third-order valence-corrected chi connectivity index (χ3v) is 5.17. The van der Waals surface area contributed by atoms with Gasteiger partial charge in [-0.2, -0.15) is 0 Å². The quantitative estimate of drug-likeness (QED) is 0.641. The number of ether oxygens (including phenoxy) is 1. The first-order valence-electron chi connectivity index (χ1n) is 10.3. The van der Waals surface area contributed by atoms with Gasteiger partial charge in [-0.1, -0.05) is 46.8 Å². The van der Waals surface area contributed by atoms with Crippen LogP contribution in [0.3, 0.4) is 0 Å². The van der Waals surface area contributed by atoms with Crippen LogP contribution in [0.5, 0.6) is 5.75 Å². The Bertz CT molecular complexity index is 583. The maximum atomic E-state index is 12.5. The third-order valence-electron chi connectivity index (χ3n) is 5.17. The molecule has 1 saturated heterocycles. The van der Waals surface area contributed by atoms with Crippen LogP contribution in [0.4, 0.5) is 0 Å². The number of hydrogen-bond donors (Lipinski definition) is 0. The molecule has 0 unspecified atom stereocenters. The minimum atomic E-state index is 0.161. The smallest absolute Gasteiger partial charge is 0.228 e. The number of carbonyl (C=O) groups excluding carboxylic acids is 1. The molecule has 0 bridgehead atoms. The van der Waals surface area contributed by atoms with Crippen LogP contribution < -0.4 is 4.74 Å². The summed E-state index contributed by atoms with van der Waals surface area (Å²) < 4.78 is 5.77. The highest BCUT2D eigenvalue weighted by Crippen LogP contribution is 2.23. The highest BCUT2D eigenvalue weighted by atomic mass is 16.5. The van der Waals surface area contributed by atoms with Crippen molar-refractivity contribution in [1.29, 1.82) is 0 Å². The van der Waals surface area contributed by atoms with Crippen LogP contribution in [0.25, 0.3) is 0 Å². The van der Waals surface area contributed by atoms with E-state index in [0.717, 1.165) is 51.4 Å².